The second-order valence-electron chi connectivity index (χ2n) is 5.93. The Bertz CT molecular complexity index is 888. The SMILES string of the molecule is CCOC(=O)c1[nH]c(C)c(C(=O)OCC(=O)Nc2ccc(I)cc2C)c1C. The molecule has 0 unspecified atom stereocenters. The van der Waals surface area contributed by atoms with Gasteiger partial charge in [-0.2, -0.15) is 0 Å². The molecule has 8 heteroatoms. The number of amides is 1. The van der Waals surface area contributed by atoms with E-state index < -0.39 is 24.5 Å². The molecule has 0 aliphatic carbocycles. The molecule has 144 valence electrons. The first-order valence-corrected chi connectivity index (χ1v) is 9.41. The van der Waals surface area contributed by atoms with Crippen LogP contribution in [0.1, 0.15) is 44.6 Å². The number of hydrogen-bond donors (Lipinski definition) is 2. The highest BCUT2D eigenvalue weighted by atomic mass is 127. The standard InChI is InChI=1S/C19H21IN2O5/c1-5-26-19(25)17-11(3)16(12(4)21-17)18(24)27-9-15(23)22-14-7-6-13(20)8-10(14)2/h6-8,21H,5,9H2,1-4H3,(H,22,23). The molecule has 1 aromatic carbocycles. The normalized spacial score (nSPS) is 10.4. The summed E-state index contributed by atoms with van der Waals surface area (Å²) >= 11 is 2.19. The maximum atomic E-state index is 12.4. The van der Waals surface area contributed by atoms with Gasteiger partial charge in [0.15, 0.2) is 6.61 Å². The monoisotopic (exact) mass is 484 g/mol. The number of ether oxygens (including phenoxy) is 2. The summed E-state index contributed by atoms with van der Waals surface area (Å²) < 4.78 is 11.1. The summed E-state index contributed by atoms with van der Waals surface area (Å²) in [6.07, 6.45) is 0. The van der Waals surface area contributed by atoms with Crippen molar-refractivity contribution < 1.29 is 23.9 Å². The van der Waals surface area contributed by atoms with Gasteiger partial charge in [-0.1, -0.05) is 0 Å². The van der Waals surface area contributed by atoms with Crippen LogP contribution >= 0.6 is 22.6 Å². The van der Waals surface area contributed by atoms with Crippen molar-refractivity contribution in [2.75, 3.05) is 18.5 Å². The van der Waals surface area contributed by atoms with Crippen LogP contribution in [0.25, 0.3) is 0 Å². The number of carbonyl (C=O) groups excluding carboxylic acids is 3. The van der Waals surface area contributed by atoms with E-state index >= 15 is 0 Å². The van der Waals surface area contributed by atoms with Crippen LogP contribution in [0.5, 0.6) is 0 Å². The van der Waals surface area contributed by atoms with Gasteiger partial charge in [0.2, 0.25) is 0 Å². The van der Waals surface area contributed by atoms with E-state index in [9.17, 15) is 14.4 Å². The molecule has 2 N–H and O–H groups in total. The van der Waals surface area contributed by atoms with Crippen molar-refractivity contribution in [1.29, 1.82) is 0 Å². The molecule has 0 aliphatic heterocycles. The summed E-state index contributed by atoms with van der Waals surface area (Å²) in [5.41, 5.74) is 2.93. The van der Waals surface area contributed by atoms with Gasteiger partial charge < -0.3 is 19.8 Å². The number of carbonyl (C=O) groups is 3. The highest BCUT2D eigenvalue weighted by Gasteiger charge is 2.24. The Balaban J connectivity index is 2.03. The molecule has 2 rings (SSSR count). The lowest BCUT2D eigenvalue weighted by Crippen LogP contribution is -2.21. The van der Waals surface area contributed by atoms with Gasteiger partial charge in [-0.15, -0.1) is 0 Å². The Kier molecular flexibility index (Phi) is 7.00. The number of aromatic amines is 1. The highest BCUT2D eigenvalue weighted by Crippen LogP contribution is 2.20. The zero-order chi connectivity index (χ0) is 20.1. The molecule has 2 aromatic rings. The largest absolute Gasteiger partial charge is 0.461 e. The minimum Gasteiger partial charge on any atom is -0.461 e. The Hall–Kier alpha value is -2.36. The fourth-order valence-corrected chi connectivity index (χ4v) is 3.27. The summed E-state index contributed by atoms with van der Waals surface area (Å²) in [5.74, 6) is -1.65. The number of aromatic nitrogens is 1. The second kappa shape index (κ2) is 9.03. The van der Waals surface area contributed by atoms with Gasteiger partial charge in [0.25, 0.3) is 5.91 Å². The predicted molar refractivity (Wildman–Crippen MR) is 109 cm³/mol. The Morgan fingerprint density at radius 2 is 1.81 bits per heavy atom. The quantitative estimate of drug-likeness (QED) is 0.483. The fraction of sp³-hybridized carbons (Fsp3) is 0.316. The summed E-state index contributed by atoms with van der Waals surface area (Å²) in [5, 5.41) is 2.71. The molecule has 0 saturated carbocycles. The highest BCUT2D eigenvalue weighted by molar-refractivity contribution is 14.1. The molecule has 0 bridgehead atoms. The third-order valence-electron chi connectivity index (χ3n) is 3.92. The van der Waals surface area contributed by atoms with Gasteiger partial charge in [-0.25, -0.2) is 9.59 Å². The van der Waals surface area contributed by atoms with Gasteiger partial charge in [0.05, 0.1) is 12.2 Å². The third-order valence-corrected chi connectivity index (χ3v) is 4.59. The van der Waals surface area contributed by atoms with E-state index in [4.69, 9.17) is 9.47 Å². The second-order valence-corrected chi connectivity index (χ2v) is 7.17. The van der Waals surface area contributed by atoms with E-state index in [1.54, 1.807) is 26.8 Å². The molecular formula is C19H21IN2O5. The molecular weight excluding hydrogens is 463 g/mol. The Morgan fingerprint density at radius 3 is 2.44 bits per heavy atom. The number of nitrogens with one attached hydrogen (secondary N) is 2. The van der Waals surface area contributed by atoms with Crippen molar-refractivity contribution in [1.82, 2.24) is 4.98 Å². The third kappa shape index (κ3) is 5.09. The van der Waals surface area contributed by atoms with Crippen LogP contribution in [0.15, 0.2) is 18.2 Å². The van der Waals surface area contributed by atoms with Crippen LogP contribution in [-0.2, 0) is 14.3 Å². The van der Waals surface area contributed by atoms with Crippen LogP contribution in [0.2, 0.25) is 0 Å². The number of hydrogen-bond acceptors (Lipinski definition) is 5. The van der Waals surface area contributed by atoms with Crippen molar-refractivity contribution in [3.63, 3.8) is 0 Å². The topological polar surface area (TPSA) is 97.5 Å². The minimum atomic E-state index is -0.675. The molecule has 0 saturated heterocycles. The average molecular weight is 484 g/mol. The molecule has 1 heterocycles. The summed E-state index contributed by atoms with van der Waals surface area (Å²) in [6.45, 7) is 6.67. The number of halogens is 1. The zero-order valence-corrected chi connectivity index (χ0v) is 17.7. The molecule has 27 heavy (non-hydrogen) atoms. The van der Waals surface area contributed by atoms with Crippen LogP contribution in [-0.4, -0.2) is 36.0 Å². The average Bonchev–Trinajstić information content (AvgIpc) is 2.90. The van der Waals surface area contributed by atoms with E-state index in [2.05, 4.69) is 32.9 Å². The van der Waals surface area contributed by atoms with Crippen molar-refractivity contribution in [3.05, 3.63) is 49.8 Å². The van der Waals surface area contributed by atoms with Crippen molar-refractivity contribution in [3.8, 4) is 0 Å². The first-order valence-electron chi connectivity index (χ1n) is 8.34. The van der Waals surface area contributed by atoms with E-state index in [1.807, 2.05) is 19.1 Å². The Labute approximate surface area is 171 Å². The van der Waals surface area contributed by atoms with Gasteiger partial charge in [0, 0.05) is 15.0 Å². The van der Waals surface area contributed by atoms with Crippen LogP contribution < -0.4 is 5.32 Å². The smallest absolute Gasteiger partial charge is 0.355 e. The van der Waals surface area contributed by atoms with Crippen LogP contribution in [0.4, 0.5) is 5.69 Å². The Morgan fingerprint density at radius 1 is 1.11 bits per heavy atom. The lowest BCUT2D eigenvalue weighted by atomic mass is 10.1. The van der Waals surface area contributed by atoms with Crippen molar-refractivity contribution in [2.24, 2.45) is 0 Å². The lowest BCUT2D eigenvalue weighted by molar-refractivity contribution is -0.119. The van der Waals surface area contributed by atoms with Crippen LogP contribution in [0.3, 0.4) is 0 Å². The predicted octanol–water partition coefficient (Wildman–Crippen LogP) is 3.52. The maximum absolute atomic E-state index is 12.4. The summed E-state index contributed by atoms with van der Waals surface area (Å²) in [6, 6.07) is 5.60. The van der Waals surface area contributed by atoms with E-state index in [0.717, 1.165) is 9.13 Å². The molecule has 0 atom stereocenters. The van der Waals surface area contributed by atoms with Crippen LogP contribution in [0, 0.1) is 24.3 Å². The van der Waals surface area contributed by atoms with Gasteiger partial charge in [0.1, 0.15) is 5.69 Å². The minimum absolute atomic E-state index is 0.209. The fourth-order valence-electron chi connectivity index (χ4n) is 2.62. The molecule has 0 spiro atoms. The summed E-state index contributed by atoms with van der Waals surface area (Å²) in [7, 11) is 0. The van der Waals surface area contributed by atoms with E-state index in [-0.39, 0.29) is 17.9 Å². The van der Waals surface area contributed by atoms with Crippen molar-refractivity contribution in [2.45, 2.75) is 27.7 Å². The van der Waals surface area contributed by atoms with Crippen molar-refractivity contribution >= 4 is 46.1 Å². The lowest BCUT2D eigenvalue weighted by Gasteiger charge is -2.09. The number of benzene rings is 1. The number of aryl methyl sites for hydroxylation is 2. The maximum Gasteiger partial charge on any atom is 0.355 e. The molecule has 1 amide bonds. The summed E-state index contributed by atoms with van der Waals surface area (Å²) in [4.78, 5) is 39.2. The number of anilines is 1. The first kappa shape index (κ1) is 20.9. The molecule has 0 aliphatic rings. The molecule has 0 radical (unpaired) electrons. The molecule has 0 fully saturated rings. The van der Waals surface area contributed by atoms with E-state index in [1.165, 1.54) is 0 Å². The number of esters is 2. The van der Waals surface area contributed by atoms with Gasteiger partial charge >= 0.3 is 11.9 Å². The molecule has 7 nitrogen and oxygen atoms in total. The van der Waals surface area contributed by atoms with E-state index in [0.29, 0.717) is 16.9 Å². The number of rotatable bonds is 6. The van der Waals surface area contributed by atoms with Gasteiger partial charge in [-0.3, -0.25) is 4.79 Å². The molecule has 1 aromatic heterocycles. The number of H-pyrrole nitrogens is 1. The zero-order valence-electron chi connectivity index (χ0n) is 15.6. The van der Waals surface area contributed by atoms with Gasteiger partial charge in [-0.05, 0) is 79.6 Å². The first-order chi connectivity index (χ1) is 12.7.